The van der Waals surface area contributed by atoms with Gasteiger partial charge >= 0.3 is 5.97 Å². The topological polar surface area (TPSA) is 88.6 Å². The van der Waals surface area contributed by atoms with Gasteiger partial charge in [-0.05, 0) is 13.8 Å². The van der Waals surface area contributed by atoms with Gasteiger partial charge in [0.1, 0.15) is 6.04 Å². The fourth-order valence-electron chi connectivity index (χ4n) is 1.86. The third-order valence-corrected chi connectivity index (χ3v) is 3.85. The molecule has 1 aliphatic heterocycles. The van der Waals surface area contributed by atoms with Crippen molar-refractivity contribution in [2.75, 3.05) is 19.0 Å². The van der Waals surface area contributed by atoms with E-state index in [4.69, 9.17) is 4.74 Å². The molecular weight excluding hydrogens is 282 g/mol. The molecule has 1 aliphatic rings. The summed E-state index contributed by atoms with van der Waals surface area (Å²) >= 11 is 1.25. The molecule has 108 valence electrons. The van der Waals surface area contributed by atoms with Crippen LogP contribution >= 0.6 is 11.3 Å². The fourth-order valence-corrected chi connectivity index (χ4v) is 2.72. The smallest absolute Gasteiger partial charge is 0.358 e. The van der Waals surface area contributed by atoms with Crippen LogP contribution in [0.2, 0.25) is 0 Å². The standard InChI is InChI=1S/C12H15N3O4S/c1-4-19-11(18)9-6(2)20-12(14-9)13-7-5-8(16)15(3)10(7)17/h7H,4-5H2,1-3H3,(H,13,14). The summed E-state index contributed by atoms with van der Waals surface area (Å²) in [4.78, 5) is 40.8. The molecule has 0 spiro atoms. The lowest BCUT2D eigenvalue weighted by molar-refractivity contribution is -0.136. The largest absolute Gasteiger partial charge is 0.461 e. The molecule has 1 aromatic rings. The number of carbonyl (C=O) groups excluding carboxylic acids is 3. The van der Waals surface area contributed by atoms with Crippen molar-refractivity contribution in [1.82, 2.24) is 9.88 Å². The van der Waals surface area contributed by atoms with Crippen molar-refractivity contribution in [3.63, 3.8) is 0 Å². The van der Waals surface area contributed by atoms with Gasteiger partial charge in [-0.15, -0.1) is 11.3 Å². The van der Waals surface area contributed by atoms with Gasteiger partial charge in [-0.2, -0.15) is 0 Å². The Bertz CT molecular complexity index is 569. The number of ether oxygens (including phenoxy) is 1. The highest BCUT2D eigenvalue weighted by atomic mass is 32.1. The van der Waals surface area contributed by atoms with Gasteiger partial charge in [0.05, 0.1) is 13.0 Å². The molecule has 2 rings (SSSR count). The molecule has 1 atom stereocenters. The Labute approximate surface area is 119 Å². The van der Waals surface area contributed by atoms with Gasteiger partial charge in [0, 0.05) is 11.9 Å². The van der Waals surface area contributed by atoms with Crippen molar-refractivity contribution in [3.8, 4) is 0 Å². The number of carbonyl (C=O) groups is 3. The van der Waals surface area contributed by atoms with E-state index < -0.39 is 12.0 Å². The maximum absolute atomic E-state index is 11.8. The number of esters is 1. The summed E-state index contributed by atoms with van der Waals surface area (Å²) < 4.78 is 4.90. The number of likely N-dealkylation sites (N-methyl/N-ethyl adjacent to an activating group) is 1. The molecular formula is C12H15N3O4S. The molecule has 1 N–H and O–H groups in total. The summed E-state index contributed by atoms with van der Waals surface area (Å²) in [5.74, 6) is -1.01. The Balaban J connectivity index is 2.12. The molecule has 1 unspecified atom stereocenters. The highest BCUT2D eigenvalue weighted by molar-refractivity contribution is 7.15. The minimum Gasteiger partial charge on any atom is -0.461 e. The minimum atomic E-state index is -0.618. The maximum Gasteiger partial charge on any atom is 0.358 e. The van der Waals surface area contributed by atoms with Gasteiger partial charge in [0.25, 0.3) is 5.91 Å². The molecule has 2 amide bonds. The lowest BCUT2D eigenvalue weighted by atomic mass is 10.2. The van der Waals surface area contributed by atoms with E-state index in [1.807, 2.05) is 0 Å². The van der Waals surface area contributed by atoms with Crippen LogP contribution in [0.5, 0.6) is 0 Å². The first-order chi connectivity index (χ1) is 9.43. The number of aryl methyl sites for hydroxylation is 1. The molecule has 1 saturated heterocycles. The van der Waals surface area contributed by atoms with Gasteiger partial charge in [-0.3, -0.25) is 14.5 Å². The second kappa shape index (κ2) is 5.58. The number of nitrogens with one attached hydrogen (secondary N) is 1. The van der Waals surface area contributed by atoms with Crippen molar-refractivity contribution in [2.24, 2.45) is 0 Å². The number of anilines is 1. The van der Waals surface area contributed by atoms with Crippen LogP contribution in [0.4, 0.5) is 5.13 Å². The van der Waals surface area contributed by atoms with E-state index in [2.05, 4.69) is 10.3 Å². The number of rotatable bonds is 4. The Kier molecular flexibility index (Phi) is 4.03. The van der Waals surface area contributed by atoms with Crippen LogP contribution in [0.15, 0.2) is 0 Å². The molecule has 8 heteroatoms. The molecule has 2 heterocycles. The third kappa shape index (κ3) is 2.64. The number of thiazole rings is 1. The van der Waals surface area contributed by atoms with Crippen LogP contribution in [0.1, 0.15) is 28.7 Å². The first-order valence-electron chi connectivity index (χ1n) is 6.15. The Morgan fingerprint density at radius 3 is 2.80 bits per heavy atom. The Morgan fingerprint density at radius 1 is 1.55 bits per heavy atom. The monoisotopic (exact) mass is 297 g/mol. The van der Waals surface area contributed by atoms with Crippen LogP contribution in [-0.2, 0) is 14.3 Å². The molecule has 0 bridgehead atoms. The molecule has 0 aliphatic carbocycles. The zero-order chi connectivity index (χ0) is 14.9. The number of hydrogen-bond donors (Lipinski definition) is 1. The number of nitrogens with zero attached hydrogens (tertiary/aromatic N) is 2. The van der Waals surface area contributed by atoms with E-state index in [-0.39, 0.29) is 30.5 Å². The number of imide groups is 1. The van der Waals surface area contributed by atoms with Crippen molar-refractivity contribution >= 4 is 34.3 Å². The lowest BCUT2D eigenvalue weighted by Gasteiger charge is -2.09. The zero-order valence-corrected chi connectivity index (χ0v) is 12.2. The molecule has 0 saturated carbocycles. The number of amides is 2. The van der Waals surface area contributed by atoms with Crippen molar-refractivity contribution in [2.45, 2.75) is 26.3 Å². The van der Waals surface area contributed by atoms with Gasteiger partial charge < -0.3 is 10.1 Å². The summed E-state index contributed by atoms with van der Waals surface area (Å²) in [7, 11) is 1.45. The summed E-state index contributed by atoms with van der Waals surface area (Å²) in [6, 6.07) is -0.618. The van der Waals surface area contributed by atoms with Crippen LogP contribution in [-0.4, -0.2) is 47.4 Å². The van der Waals surface area contributed by atoms with Crippen LogP contribution < -0.4 is 5.32 Å². The maximum atomic E-state index is 11.8. The molecule has 0 aromatic carbocycles. The lowest BCUT2D eigenvalue weighted by Crippen LogP contribution is -2.31. The van der Waals surface area contributed by atoms with Gasteiger partial charge in [0.15, 0.2) is 10.8 Å². The summed E-state index contributed by atoms with van der Waals surface area (Å²) in [5.41, 5.74) is 0.240. The van der Waals surface area contributed by atoms with Gasteiger partial charge in [-0.25, -0.2) is 9.78 Å². The third-order valence-electron chi connectivity index (χ3n) is 2.94. The number of hydrogen-bond acceptors (Lipinski definition) is 7. The van der Waals surface area contributed by atoms with Gasteiger partial charge in [0.2, 0.25) is 5.91 Å². The average Bonchev–Trinajstić information content (AvgIpc) is 2.87. The summed E-state index contributed by atoms with van der Waals surface area (Å²) in [6.45, 7) is 3.75. The first kappa shape index (κ1) is 14.4. The highest BCUT2D eigenvalue weighted by Crippen LogP contribution is 2.25. The molecule has 0 radical (unpaired) electrons. The van der Waals surface area contributed by atoms with Crippen molar-refractivity contribution in [1.29, 1.82) is 0 Å². The zero-order valence-electron chi connectivity index (χ0n) is 11.4. The van der Waals surface area contributed by atoms with E-state index in [9.17, 15) is 14.4 Å². The van der Waals surface area contributed by atoms with E-state index >= 15 is 0 Å². The minimum absolute atomic E-state index is 0.0999. The van der Waals surface area contributed by atoms with Crippen molar-refractivity contribution < 1.29 is 19.1 Å². The summed E-state index contributed by atoms with van der Waals surface area (Å²) in [6.07, 6.45) is 0.0999. The Hall–Kier alpha value is -1.96. The number of likely N-dealkylation sites (tertiary alicyclic amines) is 1. The molecule has 1 aromatic heterocycles. The molecule has 7 nitrogen and oxygen atoms in total. The van der Waals surface area contributed by atoms with Gasteiger partial charge in [-0.1, -0.05) is 0 Å². The van der Waals surface area contributed by atoms with E-state index in [0.717, 1.165) is 4.90 Å². The normalized spacial score (nSPS) is 18.6. The van der Waals surface area contributed by atoms with Crippen molar-refractivity contribution in [3.05, 3.63) is 10.6 Å². The fraction of sp³-hybridized carbons (Fsp3) is 0.500. The average molecular weight is 297 g/mol. The second-order valence-corrected chi connectivity index (χ2v) is 5.54. The summed E-state index contributed by atoms with van der Waals surface area (Å²) in [5, 5.41) is 3.33. The highest BCUT2D eigenvalue weighted by Gasteiger charge is 2.36. The quantitative estimate of drug-likeness (QED) is 0.653. The van der Waals surface area contributed by atoms with Crippen LogP contribution in [0, 0.1) is 6.92 Å². The van der Waals surface area contributed by atoms with E-state index in [1.165, 1.54) is 18.4 Å². The van der Waals surface area contributed by atoms with Crippen LogP contribution in [0.25, 0.3) is 0 Å². The number of aromatic nitrogens is 1. The molecule has 1 fully saturated rings. The van der Waals surface area contributed by atoms with Crippen LogP contribution in [0.3, 0.4) is 0 Å². The predicted octanol–water partition coefficient (Wildman–Crippen LogP) is 0.797. The van der Waals surface area contributed by atoms with E-state index in [0.29, 0.717) is 10.0 Å². The predicted molar refractivity (Wildman–Crippen MR) is 72.6 cm³/mol. The van der Waals surface area contributed by atoms with E-state index in [1.54, 1.807) is 13.8 Å². The Morgan fingerprint density at radius 2 is 2.25 bits per heavy atom. The SMILES string of the molecule is CCOC(=O)c1nc(NC2CC(=O)N(C)C2=O)sc1C. The second-order valence-electron chi connectivity index (χ2n) is 4.34. The molecule has 20 heavy (non-hydrogen) atoms. The first-order valence-corrected chi connectivity index (χ1v) is 6.97.